The summed E-state index contributed by atoms with van der Waals surface area (Å²) in [6.07, 6.45) is 0. The van der Waals surface area contributed by atoms with E-state index in [1.165, 1.54) is 13.1 Å². The van der Waals surface area contributed by atoms with E-state index in [2.05, 4.69) is 26.5 Å². The summed E-state index contributed by atoms with van der Waals surface area (Å²) in [4.78, 5) is 12.0. The smallest absolute Gasteiger partial charge is 0.459 e. The molecule has 0 aliphatic carbocycles. The molecule has 0 bridgehead atoms. The number of carbonyl (C=O) groups is 1. The fourth-order valence-corrected chi connectivity index (χ4v) is 2.65. The minimum Gasteiger partial charge on any atom is -0.488 e. The number of anilines is 1. The third kappa shape index (κ3) is 4.54. The van der Waals surface area contributed by atoms with Crippen molar-refractivity contribution in [1.82, 2.24) is 0 Å². The number of aryl methyl sites for hydroxylation is 2. The second-order valence-corrected chi connectivity index (χ2v) is 6.35. The van der Waals surface area contributed by atoms with Gasteiger partial charge < -0.3 is 4.74 Å². The lowest BCUT2D eigenvalue weighted by Crippen LogP contribution is -2.23. The summed E-state index contributed by atoms with van der Waals surface area (Å²) in [5.74, 6) is 5.14. The van der Waals surface area contributed by atoms with Crippen LogP contribution in [0.15, 0.2) is 40.0 Å². The fourth-order valence-electron chi connectivity index (χ4n) is 2.19. The average molecular weight is 410 g/mol. The Morgan fingerprint density at radius 2 is 2.08 bits per heavy atom. The zero-order valence-corrected chi connectivity index (χ0v) is 15.7. The molecular weight excluding hydrogens is 391 g/mol. The molecule has 0 saturated carbocycles. The number of benzene rings is 2. The van der Waals surface area contributed by atoms with Crippen LogP contribution in [0.2, 0.25) is 0 Å². The highest BCUT2D eigenvalue weighted by atomic mass is 79.9. The number of nitrogens with zero attached hydrogens (tertiary/aromatic N) is 2. The molecule has 0 aromatic heterocycles. The van der Waals surface area contributed by atoms with Gasteiger partial charge in [0.2, 0.25) is 0 Å². The minimum atomic E-state index is -0.472. The summed E-state index contributed by atoms with van der Waals surface area (Å²) in [6.45, 7) is 3.91. The highest BCUT2D eigenvalue weighted by Gasteiger charge is 2.16. The minimum absolute atomic E-state index is 0.174. The van der Waals surface area contributed by atoms with Crippen molar-refractivity contribution in [3.63, 3.8) is 0 Å². The first-order valence-corrected chi connectivity index (χ1v) is 8.25. The van der Waals surface area contributed by atoms with Crippen molar-refractivity contribution in [3.8, 4) is 5.75 Å². The van der Waals surface area contributed by atoms with E-state index in [1.807, 2.05) is 26.0 Å². The molecule has 0 aliphatic heterocycles. The van der Waals surface area contributed by atoms with Crippen molar-refractivity contribution in [1.29, 1.82) is 0 Å². The van der Waals surface area contributed by atoms with Crippen LogP contribution in [0.4, 0.5) is 14.9 Å². The molecule has 2 aromatic carbocycles. The molecule has 2 rings (SSSR count). The molecule has 0 spiro atoms. The van der Waals surface area contributed by atoms with Gasteiger partial charge in [-0.25, -0.2) is 20.3 Å². The number of carbonyl (C=O) groups excluding carboxylic acids is 1. The molecule has 25 heavy (non-hydrogen) atoms. The van der Waals surface area contributed by atoms with Crippen LogP contribution >= 0.6 is 15.9 Å². The lowest BCUT2D eigenvalue weighted by atomic mass is 10.1. The van der Waals surface area contributed by atoms with E-state index >= 15 is 0 Å². The Kier molecular flexibility index (Phi) is 6.08. The number of hydrogen-bond donors (Lipinski definition) is 2. The SMILES string of the molecule is Cc1cc(Br)c(F)cc1OCc1c(C)cccc1NC(=O)/[N+](C)=N\N. The van der Waals surface area contributed by atoms with Crippen LogP contribution in [0.25, 0.3) is 0 Å². The maximum atomic E-state index is 13.7. The number of urea groups is 1. The first kappa shape index (κ1) is 18.9. The number of nitrogens with one attached hydrogen (secondary N) is 1. The zero-order chi connectivity index (χ0) is 18.6. The molecule has 0 unspecified atom stereocenters. The number of nitrogens with two attached hydrogens (primary N) is 1. The van der Waals surface area contributed by atoms with Gasteiger partial charge in [0, 0.05) is 16.9 Å². The monoisotopic (exact) mass is 409 g/mol. The molecule has 8 heteroatoms. The van der Waals surface area contributed by atoms with E-state index in [0.717, 1.165) is 21.4 Å². The van der Waals surface area contributed by atoms with Gasteiger partial charge >= 0.3 is 6.03 Å². The summed E-state index contributed by atoms with van der Waals surface area (Å²) < 4.78 is 20.9. The second kappa shape index (κ2) is 8.06. The Balaban J connectivity index is 2.25. The first-order chi connectivity index (χ1) is 11.8. The predicted molar refractivity (Wildman–Crippen MR) is 96.2 cm³/mol. The molecule has 132 valence electrons. The van der Waals surface area contributed by atoms with Gasteiger partial charge in [0.15, 0.2) is 0 Å². The Hall–Kier alpha value is -2.48. The lowest BCUT2D eigenvalue weighted by molar-refractivity contribution is -0.466. The maximum Gasteiger partial charge on any atom is 0.459 e. The highest BCUT2D eigenvalue weighted by Crippen LogP contribution is 2.28. The maximum absolute atomic E-state index is 13.7. The number of ether oxygens (including phenoxy) is 1. The zero-order valence-electron chi connectivity index (χ0n) is 14.1. The summed E-state index contributed by atoms with van der Waals surface area (Å²) in [5, 5.41) is 6.03. The number of halogens is 2. The lowest BCUT2D eigenvalue weighted by Gasteiger charge is -2.14. The molecule has 0 radical (unpaired) electrons. The van der Waals surface area contributed by atoms with Crippen LogP contribution in [0, 0.1) is 19.7 Å². The van der Waals surface area contributed by atoms with Crippen LogP contribution in [0.5, 0.6) is 5.75 Å². The van der Waals surface area contributed by atoms with Gasteiger partial charge in [-0.3, -0.25) is 0 Å². The topological polar surface area (TPSA) is 79.7 Å². The van der Waals surface area contributed by atoms with Crippen LogP contribution in [-0.4, -0.2) is 17.8 Å². The standard InChI is InChI=1S/C17H18BrFN4O2/c1-10-5-4-6-15(21-17(24)23(3)22-20)12(10)9-25-16-8-14(19)13(18)7-11(16)2/h4-8,20H,9H2,1-3H3,(H,21,24)/p+1. The molecule has 0 fully saturated rings. The third-order valence-corrected chi connectivity index (χ3v) is 4.32. The van der Waals surface area contributed by atoms with E-state index < -0.39 is 11.8 Å². The molecule has 0 heterocycles. The van der Waals surface area contributed by atoms with Crippen LogP contribution in [0.1, 0.15) is 16.7 Å². The highest BCUT2D eigenvalue weighted by molar-refractivity contribution is 9.10. The molecule has 2 aromatic rings. The van der Waals surface area contributed by atoms with E-state index in [0.29, 0.717) is 15.9 Å². The summed E-state index contributed by atoms with van der Waals surface area (Å²) in [6, 6.07) is 7.99. The molecule has 0 aliphatic rings. The van der Waals surface area contributed by atoms with Crippen LogP contribution in [-0.2, 0) is 6.61 Å². The summed E-state index contributed by atoms with van der Waals surface area (Å²) >= 11 is 3.15. The van der Waals surface area contributed by atoms with E-state index in [-0.39, 0.29) is 6.61 Å². The second-order valence-electron chi connectivity index (χ2n) is 5.49. The predicted octanol–water partition coefficient (Wildman–Crippen LogP) is 4.28. The quantitative estimate of drug-likeness (QED) is 0.342. The Morgan fingerprint density at radius 1 is 1.36 bits per heavy atom. The molecule has 3 N–H and O–H groups in total. The van der Waals surface area contributed by atoms with Crippen molar-refractivity contribution in [3.05, 3.63) is 57.3 Å². The van der Waals surface area contributed by atoms with Gasteiger partial charge in [0.05, 0.1) is 11.5 Å². The summed E-state index contributed by atoms with van der Waals surface area (Å²) in [5.41, 5.74) is 3.09. The average Bonchev–Trinajstić information content (AvgIpc) is 2.57. The van der Waals surface area contributed by atoms with E-state index in [1.54, 1.807) is 12.1 Å². The van der Waals surface area contributed by atoms with Gasteiger partial charge in [-0.2, -0.15) is 0 Å². The fraction of sp³-hybridized carbons (Fsp3) is 0.235. The van der Waals surface area contributed by atoms with Gasteiger partial charge in [-0.15, -0.1) is 4.70 Å². The van der Waals surface area contributed by atoms with Crippen molar-refractivity contribution in [2.24, 2.45) is 11.1 Å². The molecule has 0 saturated heterocycles. The summed E-state index contributed by atoms with van der Waals surface area (Å²) in [7, 11) is 1.44. The van der Waals surface area contributed by atoms with Gasteiger partial charge in [0.1, 0.15) is 23.9 Å². The molecule has 6 nitrogen and oxygen atoms in total. The van der Waals surface area contributed by atoms with Gasteiger partial charge in [-0.05, 0) is 53.0 Å². The van der Waals surface area contributed by atoms with E-state index in [4.69, 9.17) is 10.6 Å². The normalized spacial score (nSPS) is 11.3. The number of rotatable bonds is 4. The Morgan fingerprint density at radius 3 is 2.76 bits per heavy atom. The van der Waals surface area contributed by atoms with Crippen molar-refractivity contribution < 1.29 is 18.6 Å². The Bertz CT molecular complexity index is 840. The number of hydrogen-bond acceptors (Lipinski definition) is 3. The van der Waals surface area contributed by atoms with Gasteiger partial charge in [-0.1, -0.05) is 12.1 Å². The largest absolute Gasteiger partial charge is 0.488 e. The van der Waals surface area contributed by atoms with Crippen molar-refractivity contribution >= 4 is 27.6 Å². The van der Waals surface area contributed by atoms with Crippen LogP contribution in [0.3, 0.4) is 0 Å². The van der Waals surface area contributed by atoms with Gasteiger partial charge in [0.25, 0.3) is 0 Å². The van der Waals surface area contributed by atoms with Crippen molar-refractivity contribution in [2.75, 3.05) is 12.4 Å². The van der Waals surface area contributed by atoms with E-state index in [9.17, 15) is 9.18 Å². The third-order valence-electron chi connectivity index (χ3n) is 3.71. The molecule has 2 amide bonds. The first-order valence-electron chi connectivity index (χ1n) is 7.46. The van der Waals surface area contributed by atoms with Crippen LogP contribution < -0.4 is 15.9 Å². The Labute approximate surface area is 153 Å². The van der Waals surface area contributed by atoms with Crippen molar-refractivity contribution in [2.45, 2.75) is 20.5 Å². The molecular formula is C17H19BrFN4O2+. The number of amides is 2. The molecule has 0 atom stereocenters.